The highest BCUT2D eigenvalue weighted by molar-refractivity contribution is 7.75. The first-order chi connectivity index (χ1) is 6.60. The maximum absolute atomic E-state index is 11.1. The minimum atomic E-state index is -1.79. The molecule has 0 amide bonds. The molecule has 0 aromatic heterocycles. The molecule has 0 aromatic rings. The molecule has 14 heavy (non-hydrogen) atoms. The van der Waals surface area contributed by atoms with Gasteiger partial charge in [-0.1, -0.05) is 11.8 Å². The van der Waals surface area contributed by atoms with Crippen molar-refractivity contribution in [3.8, 4) is 23.7 Å². The van der Waals surface area contributed by atoms with Crippen molar-refractivity contribution in [1.82, 2.24) is 0 Å². The van der Waals surface area contributed by atoms with Crippen molar-refractivity contribution in [3.63, 3.8) is 0 Å². The highest BCUT2D eigenvalue weighted by atomic mass is 32.2. The van der Waals surface area contributed by atoms with Crippen LogP contribution in [0.2, 0.25) is 0 Å². The minimum Gasteiger partial charge on any atom is -0.252 e. The Bertz CT molecular complexity index is 273. The lowest BCUT2D eigenvalue weighted by molar-refractivity contribution is 0.213. The van der Waals surface area contributed by atoms with E-state index in [4.69, 9.17) is 8.37 Å². The summed E-state index contributed by atoms with van der Waals surface area (Å²) < 4.78 is 21.0. The van der Waals surface area contributed by atoms with E-state index in [0.29, 0.717) is 0 Å². The molecule has 0 radical (unpaired) electrons. The predicted octanol–water partition coefficient (Wildman–Crippen LogP) is 1.42. The largest absolute Gasteiger partial charge is 0.307 e. The number of hydrogen-bond acceptors (Lipinski definition) is 3. The van der Waals surface area contributed by atoms with Gasteiger partial charge in [-0.2, -0.15) is 4.21 Å². The van der Waals surface area contributed by atoms with Gasteiger partial charge in [0, 0.05) is 0 Å². The quantitative estimate of drug-likeness (QED) is 0.664. The standard InChI is InChI=1S/C10H14O3S/c1-5-7-9(3)12-14(11)13-10(4)8-6-2/h9-10H,1-4H3. The SMILES string of the molecule is CC#CC(C)OS(=O)OC(C)C#CC. The van der Waals surface area contributed by atoms with Crippen LogP contribution in [-0.2, 0) is 19.7 Å². The lowest BCUT2D eigenvalue weighted by atomic mass is 10.4. The first-order valence-corrected chi connectivity index (χ1v) is 5.20. The number of hydrogen-bond donors (Lipinski definition) is 0. The van der Waals surface area contributed by atoms with E-state index in [1.54, 1.807) is 27.7 Å². The van der Waals surface area contributed by atoms with E-state index in [1.807, 2.05) is 0 Å². The summed E-state index contributed by atoms with van der Waals surface area (Å²) in [6.45, 7) is 6.78. The van der Waals surface area contributed by atoms with Gasteiger partial charge in [-0.05, 0) is 27.7 Å². The second kappa shape index (κ2) is 7.58. The highest BCUT2D eigenvalue weighted by Crippen LogP contribution is 1.99. The molecule has 0 aliphatic rings. The van der Waals surface area contributed by atoms with Crippen molar-refractivity contribution in [2.45, 2.75) is 39.9 Å². The van der Waals surface area contributed by atoms with E-state index in [-0.39, 0.29) is 0 Å². The summed E-state index contributed by atoms with van der Waals surface area (Å²) in [7, 11) is 0. The van der Waals surface area contributed by atoms with Crippen molar-refractivity contribution in [1.29, 1.82) is 0 Å². The van der Waals surface area contributed by atoms with Gasteiger partial charge in [0.25, 0.3) is 0 Å². The van der Waals surface area contributed by atoms with Gasteiger partial charge >= 0.3 is 11.4 Å². The molecular formula is C10H14O3S. The topological polar surface area (TPSA) is 35.5 Å². The molecule has 0 bridgehead atoms. The summed E-state index contributed by atoms with van der Waals surface area (Å²) >= 11 is -1.79. The van der Waals surface area contributed by atoms with Crippen LogP contribution in [0.25, 0.3) is 0 Å². The monoisotopic (exact) mass is 214 g/mol. The fraction of sp³-hybridized carbons (Fsp3) is 0.600. The zero-order valence-electron chi connectivity index (χ0n) is 8.79. The number of rotatable bonds is 4. The molecule has 0 saturated heterocycles. The minimum absolute atomic E-state index is 0.400. The average Bonchev–Trinajstić information content (AvgIpc) is 2.03. The molecule has 0 N–H and O–H groups in total. The molecule has 0 spiro atoms. The highest BCUT2D eigenvalue weighted by Gasteiger charge is 2.09. The Morgan fingerprint density at radius 3 is 1.64 bits per heavy atom. The lowest BCUT2D eigenvalue weighted by Crippen LogP contribution is -2.15. The summed E-state index contributed by atoms with van der Waals surface area (Å²) in [5, 5.41) is 0. The van der Waals surface area contributed by atoms with Gasteiger partial charge in [0.1, 0.15) is 12.2 Å². The van der Waals surface area contributed by atoms with Crippen molar-refractivity contribution >= 4 is 11.4 Å². The molecule has 0 aliphatic heterocycles. The lowest BCUT2D eigenvalue weighted by Gasteiger charge is -2.07. The summed E-state index contributed by atoms with van der Waals surface area (Å²) in [5.41, 5.74) is 0. The Morgan fingerprint density at radius 1 is 1.00 bits per heavy atom. The summed E-state index contributed by atoms with van der Waals surface area (Å²) in [6.07, 6.45) is -0.801. The third-order valence-corrected chi connectivity index (χ3v) is 2.03. The van der Waals surface area contributed by atoms with Gasteiger partial charge < -0.3 is 0 Å². The van der Waals surface area contributed by atoms with Gasteiger partial charge in [0.05, 0.1) is 0 Å². The molecular weight excluding hydrogens is 200 g/mol. The normalized spacial score (nSPS) is 15.4. The second-order valence-corrected chi connectivity index (χ2v) is 3.26. The van der Waals surface area contributed by atoms with Gasteiger partial charge in [0.2, 0.25) is 0 Å². The fourth-order valence-corrected chi connectivity index (χ4v) is 1.33. The average molecular weight is 214 g/mol. The van der Waals surface area contributed by atoms with Crippen LogP contribution in [0.3, 0.4) is 0 Å². The molecule has 0 aromatic carbocycles. The van der Waals surface area contributed by atoms with E-state index < -0.39 is 23.6 Å². The maximum Gasteiger partial charge on any atom is 0.307 e. The molecule has 2 unspecified atom stereocenters. The summed E-state index contributed by atoms with van der Waals surface area (Å²) in [6, 6.07) is 0. The predicted molar refractivity (Wildman–Crippen MR) is 56.1 cm³/mol. The molecule has 3 nitrogen and oxygen atoms in total. The molecule has 0 fully saturated rings. The van der Waals surface area contributed by atoms with E-state index in [2.05, 4.69) is 23.7 Å². The maximum atomic E-state index is 11.1. The van der Waals surface area contributed by atoms with Crippen LogP contribution in [-0.4, -0.2) is 16.4 Å². The van der Waals surface area contributed by atoms with Crippen LogP contribution in [0.4, 0.5) is 0 Å². The van der Waals surface area contributed by atoms with E-state index >= 15 is 0 Å². The molecule has 0 saturated carbocycles. The Labute approximate surface area is 88.0 Å². The van der Waals surface area contributed by atoms with Crippen LogP contribution in [0.15, 0.2) is 0 Å². The van der Waals surface area contributed by atoms with Crippen LogP contribution in [0.5, 0.6) is 0 Å². The first-order valence-electron chi connectivity index (χ1n) is 4.20. The molecule has 78 valence electrons. The third-order valence-electron chi connectivity index (χ3n) is 1.14. The zero-order valence-corrected chi connectivity index (χ0v) is 9.60. The van der Waals surface area contributed by atoms with Crippen LogP contribution in [0.1, 0.15) is 27.7 Å². The van der Waals surface area contributed by atoms with Crippen molar-refractivity contribution in [2.75, 3.05) is 0 Å². The molecule has 4 heteroatoms. The molecule has 0 heterocycles. The van der Waals surface area contributed by atoms with Crippen molar-refractivity contribution < 1.29 is 12.6 Å². The first kappa shape index (κ1) is 13.2. The Kier molecular flexibility index (Phi) is 7.14. The fourth-order valence-electron chi connectivity index (χ4n) is 0.713. The van der Waals surface area contributed by atoms with Gasteiger partial charge in [-0.15, -0.1) is 11.8 Å². The van der Waals surface area contributed by atoms with Gasteiger partial charge in [-0.25, -0.2) is 0 Å². The van der Waals surface area contributed by atoms with Crippen molar-refractivity contribution in [3.05, 3.63) is 0 Å². The Morgan fingerprint density at radius 2 is 1.36 bits per heavy atom. The van der Waals surface area contributed by atoms with E-state index in [1.165, 1.54) is 0 Å². The smallest absolute Gasteiger partial charge is 0.252 e. The zero-order chi connectivity index (χ0) is 11.0. The van der Waals surface area contributed by atoms with Gasteiger partial charge in [-0.3, -0.25) is 8.37 Å². The van der Waals surface area contributed by atoms with Crippen LogP contribution in [0, 0.1) is 23.7 Å². The van der Waals surface area contributed by atoms with Crippen LogP contribution >= 0.6 is 0 Å². The molecule has 2 atom stereocenters. The summed E-state index contributed by atoms with van der Waals surface area (Å²) in [5.74, 6) is 10.7. The van der Waals surface area contributed by atoms with Crippen molar-refractivity contribution in [2.24, 2.45) is 0 Å². The third kappa shape index (κ3) is 6.68. The van der Waals surface area contributed by atoms with Gasteiger partial charge in [0.15, 0.2) is 0 Å². The second-order valence-electron chi connectivity index (χ2n) is 2.47. The van der Waals surface area contributed by atoms with E-state index in [0.717, 1.165) is 0 Å². The summed E-state index contributed by atoms with van der Waals surface area (Å²) in [4.78, 5) is 0. The van der Waals surface area contributed by atoms with Crippen LogP contribution < -0.4 is 0 Å². The molecule has 0 rings (SSSR count). The van der Waals surface area contributed by atoms with E-state index in [9.17, 15) is 4.21 Å². The Balaban J connectivity index is 3.94. The molecule has 0 aliphatic carbocycles. The Hall–Kier alpha value is -0.810.